The fourth-order valence-electron chi connectivity index (χ4n) is 2.17. The van der Waals surface area contributed by atoms with Gasteiger partial charge in [-0.05, 0) is 13.8 Å². The summed E-state index contributed by atoms with van der Waals surface area (Å²) < 4.78 is 0. The topological polar surface area (TPSA) is 16.6 Å². The van der Waals surface area contributed by atoms with Crippen LogP contribution in [0, 0.1) is 0 Å². The molecule has 0 aromatic heterocycles. The van der Waals surface area contributed by atoms with Crippen LogP contribution in [0.15, 0.2) is 60.7 Å². The summed E-state index contributed by atoms with van der Waals surface area (Å²) in [5, 5.41) is 2.41. The van der Waals surface area contributed by atoms with E-state index in [2.05, 4.69) is 79.8 Å². The lowest BCUT2D eigenvalue weighted by molar-refractivity contribution is -0.728. The van der Waals surface area contributed by atoms with Crippen LogP contribution < -0.4 is 5.32 Å². The van der Waals surface area contributed by atoms with E-state index >= 15 is 0 Å². The Balaban J connectivity index is 2.02. The standard InChI is InChI=1S/C16H19N/c1-13(15-9-5-3-6-10-15)17-14(2)16-11-7-4-8-12-16/h3-14,17H,1-2H3/p+1/t13-,14-/m1/s1. The Morgan fingerprint density at radius 1 is 0.647 bits per heavy atom. The van der Waals surface area contributed by atoms with Gasteiger partial charge >= 0.3 is 0 Å². The quantitative estimate of drug-likeness (QED) is 0.825. The molecule has 0 aliphatic carbocycles. The highest BCUT2D eigenvalue weighted by Crippen LogP contribution is 2.11. The molecule has 0 aliphatic heterocycles. The van der Waals surface area contributed by atoms with Crippen molar-refractivity contribution in [2.75, 3.05) is 0 Å². The first kappa shape index (κ1) is 11.9. The van der Waals surface area contributed by atoms with Gasteiger partial charge in [0.15, 0.2) is 0 Å². The number of nitrogens with two attached hydrogens (primary N) is 1. The first-order chi connectivity index (χ1) is 8.27. The Morgan fingerprint density at radius 2 is 1.00 bits per heavy atom. The van der Waals surface area contributed by atoms with Crippen molar-refractivity contribution < 1.29 is 5.32 Å². The Hall–Kier alpha value is -1.60. The summed E-state index contributed by atoms with van der Waals surface area (Å²) in [6, 6.07) is 22.3. The zero-order valence-electron chi connectivity index (χ0n) is 10.5. The predicted molar refractivity (Wildman–Crippen MR) is 71.6 cm³/mol. The minimum Gasteiger partial charge on any atom is -0.334 e. The molecule has 0 unspecified atom stereocenters. The molecule has 2 aromatic rings. The lowest BCUT2D eigenvalue weighted by atomic mass is 10.0. The Kier molecular flexibility index (Phi) is 3.94. The number of benzene rings is 2. The molecule has 0 spiro atoms. The second-order valence-electron chi connectivity index (χ2n) is 4.59. The van der Waals surface area contributed by atoms with Gasteiger partial charge in [-0.2, -0.15) is 0 Å². The third kappa shape index (κ3) is 3.18. The van der Waals surface area contributed by atoms with Crippen molar-refractivity contribution in [3.63, 3.8) is 0 Å². The number of hydrogen-bond donors (Lipinski definition) is 1. The van der Waals surface area contributed by atoms with Crippen LogP contribution in [-0.4, -0.2) is 0 Å². The van der Waals surface area contributed by atoms with Crippen LogP contribution in [0.1, 0.15) is 37.1 Å². The molecule has 0 heterocycles. The van der Waals surface area contributed by atoms with E-state index < -0.39 is 0 Å². The van der Waals surface area contributed by atoms with Crippen LogP contribution >= 0.6 is 0 Å². The molecule has 88 valence electrons. The summed E-state index contributed by atoms with van der Waals surface area (Å²) in [6.45, 7) is 4.52. The highest BCUT2D eigenvalue weighted by atomic mass is 14.9. The summed E-state index contributed by atoms with van der Waals surface area (Å²) in [7, 11) is 0. The molecule has 2 N–H and O–H groups in total. The van der Waals surface area contributed by atoms with Gasteiger partial charge in [-0.1, -0.05) is 60.7 Å². The van der Waals surface area contributed by atoms with Crippen LogP contribution in [-0.2, 0) is 0 Å². The van der Waals surface area contributed by atoms with Gasteiger partial charge < -0.3 is 5.32 Å². The summed E-state index contributed by atoms with van der Waals surface area (Å²) in [5.74, 6) is 0. The second kappa shape index (κ2) is 5.65. The normalized spacial score (nSPS) is 14.2. The lowest BCUT2D eigenvalue weighted by Crippen LogP contribution is -2.85. The van der Waals surface area contributed by atoms with Crippen molar-refractivity contribution in [1.82, 2.24) is 0 Å². The van der Waals surface area contributed by atoms with Gasteiger partial charge in [0, 0.05) is 11.1 Å². The van der Waals surface area contributed by atoms with E-state index in [1.165, 1.54) is 11.1 Å². The Bertz CT molecular complexity index is 392. The summed E-state index contributed by atoms with van der Waals surface area (Å²) in [5.41, 5.74) is 2.77. The number of hydrogen-bond acceptors (Lipinski definition) is 0. The summed E-state index contributed by atoms with van der Waals surface area (Å²) >= 11 is 0. The van der Waals surface area contributed by atoms with Crippen LogP contribution in [0.5, 0.6) is 0 Å². The molecule has 0 radical (unpaired) electrons. The monoisotopic (exact) mass is 226 g/mol. The maximum atomic E-state index is 2.41. The van der Waals surface area contributed by atoms with E-state index in [0.29, 0.717) is 12.1 Å². The zero-order chi connectivity index (χ0) is 12.1. The van der Waals surface area contributed by atoms with Crippen molar-refractivity contribution in [3.05, 3.63) is 71.8 Å². The third-order valence-corrected chi connectivity index (χ3v) is 3.23. The smallest absolute Gasteiger partial charge is 0.109 e. The molecule has 17 heavy (non-hydrogen) atoms. The lowest BCUT2D eigenvalue weighted by Gasteiger charge is -2.17. The predicted octanol–water partition coefficient (Wildman–Crippen LogP) is 3.07. The molecule has 0 aliphatic rings. The van der Waals surface area contributed by atoms with Gasteiger partial charge in [-0.3, -0.25) is 0 Å². The fraction of sp³-hybridized carbons (Fsp3) is 0.250. The largest absolute Gasteiger partial charge is 0.334 e. The van der Waals surface area contributed by atoms with E-state index in [0.717, 1.165) is 0 Å². The summed E-state index contributed by atoms with van der Waals surface area (Å²) in [4.78, 5) is 0. The van der Waals surface area contributed by atoms with E-state index in [1.807, 2.05) is 0 Å². The molecule has 1 heteroatoms. The van der Waals surface area contributed by atoms with Gasteiger partial charge in [0.1, 0.15) is 12.1 Å². The molecular formula is C16H20N+. The Morgan fingerprint density at radius 3 is 1.35 bits per heavy atom. The zero-order valence-corrected chi connectivity index (χ0v) is 10.5. The summed E-state index contributed by atoms with van der Waals surface area (Å²) in [6.07, 6.45) is 0. The van der Waals surface area contributed by atoms with Crippen LogP contribution in [0.25, 0.3) is 0 Å². The molecule has 0 saturated carbocycles. The average molecular weight is 226 g/mol. The van der Waals surface area contributed by atoms with E-state index in [4.69, 9.17) is 0 Å². The fourth-order valence-corrected chi connectivity index (χ4v) is 2.17. The minimum absolute atomic E-state index is 0.492. The molecule has 1 nitrogen and oxygen atoms in total. The first-order valence-electron chi connectivity index (χ1n) is 6.22. The van der Waals surface area contributed by atoms with Gasteiger partial charge in [0.25, 0.3) is 0 Å². The van der Waals surface area contributed by atoms with E-state index in [-0.39, 0.29) is 0 Å². The maximum Gasteiger partial charge on any atom is 0.109 e. The molecule has 2 aromatic carbocycles. The number of rotatable bonds is 4. The molecular weight excluding hydrogens is 206 g/mol. The molecule has 2 rings (SSSR count). The Labute approximate surface area is 103 Å². The van der Waals surface area contributed by atoms with Crippen LogP contribution in [0.3, 0.4) is 0 Å². The maximum absolute atomic E-state index is 2.41. The van der Waals surface area contributed by atoms with Gasteiger partial charge in [-0.25, -0.2) is 0 Å². The first-order valence-corrected chi connectivity index (χ1v) is 6.22. The molecule has 0 bridgehead atoms. The molecule has 0 saturated heterocycles. The van der Waals surface area contributed by atoms with Crippen molar-refractivity contribution in [2.24, 2.45) is 0 Å². The number of quaternary nitrogens is 1. The minimum atomic E-state index is 0.492. The average Bonchev–Trinajstić information content (AvgIpc) is 2.40. The second-order valence-corrected chi connectivity index (χ2v) is 4.59. The van der Waals surface area contributed by atoms with Crippen molar-refractivity contribution >= 4 is 0 Å². The highest BCUT2D eigenvalue weighted by molar-refractivity contribution is 5.18. The highest BCUT2D eigenvalue weighted by Gasteiger charge is 2.14. The molecule has 2 atom stereocenters. The van der Waals surface area contributed by atoms with Crippen molar-refractivity contribution in [3.8, 4) is 0 Å². The van der Waals surface area contributed by atoms with Crippen molar-refractivity contribution in [2.45, 2.75) is 25.9 Å². The molecule has 0 fully saturated rings. The van der Waals surface area contributed by atoms with Crippen LogP contribution in [0.4, 0.5) is 0 Å². The van der Waals surface area contributed by atoms with E-state index in [1.54, 1.807) is 0 Å². The van der Waals surface area contributed by atoms with Gasteiger partial charge in [0.05, 0.1) is 0 Å². The third-order valence-electron chi connectivity index (χ3n) is 3.23. The van der Waals surface area contributed by atoms with Gasteiger partial charge in [0.2, 0.25) is 0 Å². The van der Waals surface area contributed by atoms with Crippen LogP contribution in [0.2, 0.25) is 0 Å². The van der Waals surface area contributed by atoms with E-state index in [9.17, 15) is 0 Å². The van der Waals surface area contributed by atoms with Crippen molar-refractivity contribution in [1.29, 1.82) is 0 Å². The van der Waals surface area contributed by atoms with Gasteiger partial charge in [-0.15, -0.1) is 0 Å². The molecule has 0 amide bonds. The SMILES string of the molecule is C[C@@H]([NH2+][C@H](C)c1ccccc1)c1ccccc1.